The van der Waals surface area contributed by atoms with E-state index in [0.29, 0.717) is 30.2 Å². The second-order valence-corrected chi connectivity index (χ2v) is 5.92. The maximum absolute atomic E-state index is 11.4. The molecule has 0 aliphatic heterocycles. The first-order valence-corrected chi connectivity index (χ1v) is 7.28. The van der Waals surface area contributed by atoms with Gasteiger partial charge in [0, 0.05) is 28.9 Å². The van der Waals surface area contributed by atoms with Crippen LogP contribution in [0.5, 0.6) is 0 Å². The number of hydrogen-bond donors (Lipinski definition) is 1. The highest BCUT2D eigenvalue weighted by Crippen LogP contribution is 2.15. The highest BCUT2D eigenvalue weighted by Gasteiger charge is 2.15. The lowest BCUT2D eigenvalue weighted by Crippen LogP contribution is -2.27. The summed E-state index contributed by atoms with van der Waals surface area (Å²) in [6, 6.07) is 1.67. The van der Waals surface area contributed by atoms with Crippen LogP contribution in [0.1, 0.15) is 28.8 Å². The van der Waals surface area contributed by atoms with Crippen molar-refractivity contribution in [3.8, 4) is 0 Å². The normalized spacial score (nSPS) is 14.2. The zero-order valence-electron chi connectivity index (χ0n) is 11.1. The van der Waals surface area contributed by atoms with Gasteiger partial charge in [0.05, 0.1) is 13.7 Å². The van der Waals surface area contributed by atoms with Crippen molar-refractivity contribution in [2.45, 2.75) is 25.6 Å². The summed E-state index contributed by atoms with van der Waals surface area (Å²) in [6.07, 6.45) is 1.68. The Morgan fingerprint density at radius 1 is 1.61 bits per heavy atom. The third kappa shape index (κ3) is 3.96. The van der Waals surface area contributed by atoms with E-state index in [0.717, 1.165) is 0 Å². The maximum Gasteiger partial charge on any atom is 0.341 e. The van der Waals surface area contributed by atoms with Crippen molar-refractivity contribution in [2.24, 2.45) is 0 Å². The molecular formula is C12H19NO4S. The predicted molar refractivity (Wildman–Crippen MR) is 70.0 cm³/mol. The lowest BCUT2D eigenvalue weighted by Gasteiger charge is -2.08. The van der Waals surface area contributed by atoms with Crippen molar-refractivity contribution in [1.29, 1.82) is 0 Å². The molecule has 1 aromatic rings. The Balaban J connectivity index is 2.54. The first-order valence-electron chi connectivity index (χ1n) is 5.66. The van der Waals surface area contributed by atoms with E-state index < -0.39 is 16.8 Å². The van der Waals surface area contributed by atoms with Crippen molar-refractivity contribution in [3.63, 3.8) is 0 Å². The molecule has 0 amide bonds. The van der Waals surface area contributed by atoms with Crippen LogP contribution in [-0.4, -0.2) is 35.3 Å². The number of ether oxygens (including phenoxy) is 1. The molecular weight excluding hydrogens is 254 g/mol. The smallest absolute Gasteiger partial charge is 0.341 e. The van der Waals surface area contributed by atoms with Gasteiger partial charge >= 0.3 is 5.97 Å². The van der Waals surface area contributed by atoms with E-state index in [1.807, 2.05) is 6.92 Å². The minimum Gasteiger partial charge on any atom is -0.465 e. The van der Waals surface area contributed by atoms with Gasteiger partial charge in [0.1, 0.15) is 17.1 Å². The van der Waals surface area contributed by atoms with Crippen molar-refractivity contribution < 1.29 is 18.2 Å². The average Bonchev–Trinajstić information content (AvgIpc) is 2.69. The lowest BCUT2D eigenvalue weighted by atomic mass is 10.2. The van der Waals surface area contributed by atoms with Gasteiger partial charge in [-0.2, -0.15) is 0 Å². The minimum atomic E-state index is -0.843. The van der Waals surface area contributed by atoms with Gasteiger partial charge < -0.3 is 14.5 Å². The molecule has 0 aliphatic carbocycles. The molecule has 1 aromatic heterocycles. The Labute approximate surface area is 109 Å². The number of nitrogens with one attached hydrogen (secondary N) is 1. The van der Waals surface area contributed by atoms with Crippen LogP contribution in [0.3, 0.4) is 0 Å². The average molecular weight is 273 g/mol. The molecule has 102 valence electrons. The van der Waals surface area contributed by atoms with Gasteiger partial charge in [-0.1, -0.05) is 0 Å². The third-order valence-electron chi connectivity index (χ3n) is 2.67. The number of rotatable bonds is 6. The van der Waals surface area contributed by atoms with Crippen molar-refractivity contribution in [3.05, 3.63) is 23.2 Å². The fourth-order valence-corrected chi connectivity index (χ4v) is 1.81. The zero-order chi connectivity index (χ0) is 13.7. The van der Waals surface area contributed by atoms with Crippen LogP contribution in [0.4, 0.5) is 0 Å². The molecule has 0 aliphatic rings. The third-order valence-corrected chi connectivity index (χ3v) is 3.97. The molecule has 0 fully saturated rings. The van der Waals surface area contributed by atoms with Gasteiger partial charge in [-0.3, -0.25) is 4.21 Å². The molecule has 2 unspecified atom stereocenters. The number of carbonyl (C=O) groups is 1. The molecule has 2 atom stereocenters. The summed E-state index contributed by atoms with van der Waals surface area (Å²) >= 11 is 0. The summed E-state index contributed by atoms with van der Waals surface area (Å²) in [7, 11) is 0.495. The fraction of sp³-hybridized carbons (Fsp3) is 0.583. The van der Waals surface area contributed by atoms with Gasteiger partial charge in [0.25, 0.3) is 0 Å². The molecule has 1 heterocycles. The van der Waals surface area contributed by atoms with Crippen LogP contribution in [-0.2, 0) is 22.1 Å². The Kier molecular flexibility index (Phi) is 5.55. The second kappa shape index (κ2) is 6.70. The van der Waals surface area contributed by atoms with Gasteiger partial charge in [-0.15, -0.1) is 0 Å². The summed E-state index contributed by atoms with van der Waals surface area (Å²) in [4.78, 5) is 11.4. The summed E-state index contributed by atoms with van der Waals surface area (Å²) in [5.74, 6) is 0.818. The van der Waals surface area contributed by atoms with Crippen molar-refractivity contribution in [1.82, 2.24) is 5.32 Å². The number of aryl methyl sites for hydroxylation is 1. The molecule has 0 saturated heterocycles. The quantitative estimate of drug-likeness (QED) is 0.790. The number of hydrogen-bond acceptors (Lipinski definition) is 5. The van der Waals surface area contributed by atoms with Crippen LogP contribution >= 0.6 is 0 Å². The maximum atomic E-state index is 11.4. The summed E-state index contributed by atoms with van der Waals surface area (Å²) in [5, 5.41) is 3.23. The predicted octanol–water partition coefficient (Wildman–Crippen LogP) is 1.23. The largest absolute Gasteiger partial charge is 0.465 e. The topological polar surface area (TPSA) is 68.5 Å². The van der Waals surface area contributed by atoms with Crippen LogP contribution < -0.4 is 5.32 Å². The van der Waals surface area contributed by atoms with Gasteiger partial charge in [0.2, 0.25) is 0 Å². The first kappa shape index (κ1) is 14.9. The second-order valence-electron chi connectivity index (χ2n) is 4.11. The van der Waals surface area contributed by atoms with Crippen LogP contribution in [0.25, 0.3) is 0 Å². The fourth-order valence-electron chi connectivity index (χ4n) is 1.46. The van der Waals surface area contributed by atoms with E-state index in [4.69, 9.17) is 4.42 Å². The molecule has 5 nitrogen and oxygen atoms in total. The highest BCUT2D eigenvalue weighted by atomic mass is 32.2. The summed E-state index contributed by atoms with van der Waals surface area (Å²) in [5.41, 5.74) is 0.446. The molecule has 0 aromatic carbocycles. The number of methoxy groups -OCH3 is 1. The Morgan fingerprint density at radius 2 is 2.28 bits per heavy atom. The Bertz CT molecular complexity index is 441. The van der Waals surface area contributed by atoms with E-state index >= 15 is 0 Å². The molecule has 1 rings (SSSR count). The van der Waals surface area contributed by atoms with Gasteiger partial charge in [-0.05, 0) is 19.9 Å². The minimum absolute atomic E-state index is 0.0844. The van der Waals surface area contributed by atoms with E-state index in [-0.39, 0.29) is 5.25 Å². The molecule has 6 heteroatoms. The Hall–Kier alpha value is -1.14. The van der Waals surface area contributed by atoms with Crippen LogP contribution in [0, 0.1) is 6.92 Å². The van der Waals surface area contributed by atoms with Crippen LogP contribution in [0.2, 0.25) is 0 Å². The number of carbonyl (C=O) groups excluding carboxylic acids is 1. The van der Waals surface area contributed by atoms with Crippen molar-refractivity contribution >= 4 is 16.8 Å². The van der Waals surface area contributed by atoms with E-state index in [9.17, 15) is 9.00 Å². The molecule has 0 saturated carbocycles. The number of esters is 1. The van der Waals surface area contributed by atoms with E-state index in [2.05, 4.69) is 10.1 Å². The standard InChI is InChI=1S/C12H19NO4S/c1-8(18(4)15)6-13-7-10-5-11(9(2)17-10)12(14)16-3/h5,8,13H,6-7H2,1-4H3. The van der Waals surface area contributed by atoms with E-state index in [1.165, 1.54) is 7.11 Å². The molecule has 1 N–H and O–H groups in total. The van der Waals surface area contributed by atoms with Crippen molar-refractivity contribution in [2.75, 3.05) is 19.9 Å². The Morgan fingerprint density at radius 3 is 2.83 bits per heavy atom. The molecule has 0 bridgehead atoms. The van der Waals surface area contributed by atoms with Crippen LogP contribution in [0.15, 0.2) is 10.5 Å². The molecule has 0 spiro atoms. The van der Waals surface area contributed by atoms with Gasteiger partial charge in [-0.25, -0.2) is 4.79 Å². The first-order chi connectivity index (χ1) is 8.45. The molecule has 18 heavy (non-hydrogen) atoms. The summed E-state index contributed by atoms with van der Waals surface area (Å²) < 4.78 is 21.2. The van der Waals surface area contributed by atoms with Gasteiger partial charge in [0.15, 0.2) is 0 Å². The monoisotopic (exact) mass is 273 g/mol. The van der Waals surface area contributed by atoms with E-state index in [1.54, 1.807) is 19.2 Å². The molecule has 0 radical (unpaired) electrons. The number of furan rings is 1. The summed E-state index contributed by atoms with van der Waals surface area (Å²) in [6.45, 7) is 4.77. The zero-order valence-corrected chi connectivity index (χ0v) is 11.9. The lowest BCUT2D eigenvalue weighted by molar-refractivity contribution is 0.0599. The highest BCUT2D eigenvalue weighted by molar-refractivity contribution is 7.84. The SMILES string of the molecule is COC(=O)c1cc(CNCC(C)S(C)=O)oc1C.